The molecule has 0 saturated heterocycles. The maximum absolute atomic E-state index is 11.4. The normalized spacial score (nSPS) is 12.0. The second-order valence-corrected chi connectivity index (χ2v) is 16.7. The van der Waals surface area contributed by atoms with Crippen molar-refractivity contribution in [1.29, 1.82) is 0 Å². The second-order valence-electron chi connectivity index (χ2n) is 16.7. The standard InChI is InChI=1S/C56H36N8O8/c65-35-21-7-11-25-39(35)69-45-43-44(46(70-40-26-12-8-22-36(40)66)48(72-42-28-14-10-24-38(42)68)47(45)71-41-27-13-9-23-37(41)67)56-63-54-34-20-6-4-18-32(34)52(61-54)59-50-30-16-2-1-15-29(30)49(57-50)58-51-31-17-3-5-19-33(31)53(60-51)62-55(43)64-56/h1-28,65-68H,(H4,57,58,59,60,61,62,63,64). The van der Waals surface area contributed by atoms with E-state index in [1.165, 1.54) is 36.4 Å². The number of aromatic hydroxyl groups is 4. The van der Waals surface area contributed by atoms with Crippen molar-refractivity contribution in [3.63, 3.8) is 0 Å². The minimum absolute atomic E-state index is 0.00164. The number of phenolic OH excluding ortho intramolecular Hbond substituents is 4. The molecular formula is C56H36N8O8. The van der Waals surface area contributed by atoms with Crippen LogP contribution in [-0.4, -0.2) is 40.4 Å². The minimum Gasteiger partial charge on any atom is -0.504 e. The van der Waals surface area contributed by atoms with Crippen LogP contribution in [0.1, 0.15) is 0 Å². The summed E-state index contributed by atoms with van der Waals surface area (Å²) in [5.74, 6) is 0.143. The largest absolute Gasteiger partial charge is 0.504 e. The van der Waals surface area contributed by atoms with E-state index in [-0.39, 0.29) is 90.7 Å². The molecule has 0 atom stereocenters. The Bertz CT molecular complexity index is 4160. The number of nitrogens with zero attached hydrogens (tertiary/aromatic N) is 4. The number of fused-ring (bicyclic) bond motifs is 20. The summed E-state index contributed by atoms with van der Waals surface area (Å²) in [5.41, 5.74) is 1.42. The van der Waals surface area contributed by atoms with Crippen molar-refractivity contribution < 1.29 is 39.4 Å². The van der Waals surface area contributed by atoms with Crippen LogP contribution >= 0.6 is 0 Å². The van der Waals surface area contributed by atoms with Crippen LogP contribution in [0.5, 0.6) is 69.0 Å². The molecule has 0 fully saturated rings. The average molecular weight is 949 g/mol. The molecule has 12 aromatic rings. The van der Waals surface area contributed by atoms with Crippen LogP contribution in [0.25, 0.3) is 43.1 Å². The molecule has 1 aliphatic heterocycles. The Morgan fingerprint density at radius 2 is 0.514 bits per heavy atom. The number of rotatable bonds is 8. The average Bonchev–Trinajstić information content (AvgIpc) is 4.14. The number of para-hydroxylation sites is 8. The summed E-state index contributed by atoms with van der Waals surface area (Å²) in [5, 5.41) is 50.4. The van der Waals surface area contributed by atoms with Gasteiger partial charge in [-0.25, -0.2) is 20.0 Å². The van der Waals surface area contributed by atoms with Crippen LogP contribution in [0.4, 0.5) is 23.3 Å². The van der Waals surface area contributed by atoms with Crippen LogP contribution in [-0.2, 0) is 0 Å². The Morgan fingerprint density at radius 1 is 0.264 bits per heavy atom. The van der Waals surface area contributed by atoms with Crippen molar-refractivity contribution in [1.82, 2.24) is 19.9 Å². The van der Waals surface area contributed by atoms with Gasteiger partial charge >= 0.3 is 0 Å². The number of hydrogen-bond acceptors (Lipinski definition) is 12. The van der Waals surface area contributed by atoms with Crippen molar-refractivity contribution >= 4 is 66.4 Å². The first-order chi connectivity index (χ1) is 35.3. The fourth-order valence-electron chi connectivity index (χ4n) is 8.92. The van der Waals surface area contributed by atoms with E-state index in [0.717, 1.165) is 21.5 Å². The van der Waals surface area contributed by atoms with E-state index >= 15 is 0 Å². The lowest BCUT2D eigenvalue weighted by atomic mass is 10.1. The summed E-state index contributed by atoms with van der Waals surface area (Å²) in [6.07, 6.45) is 0. The molecule has 0 radical (unpaired) electrons. The number of H-pyrrole nitrogens is 4. The van der Waals surface area contributed by atoms with E-state index < -0.39 is 0 Å². The van der Waals surface area contributed by atoms with E-state index in [1.807, 2.05) is 72.8 Å². The monoisotopic (exact) mass is 948 g/mol. The zero-order valence-electron chi connectivity index (χ0n) is 37.4. The summed E-state index contributed by atoms with van der Waals surface area (Å²) < 4.78 is 27.2. The Balaban J connectivity index is 1.26. The molecule has 72 heavy (non-hydrogen) atoms. The van der Waals surface area contributed by atoms with Gasteiger partial charge in [-0.05, 0) is 48.5 Å². The number of hydrogen-bond donors (Lipinski definition) is 8. The van der Waals surface area contributed by atoms with Crippen molar-refractivity contribution in [2.24, 2.45) is 20.0 Å². The highest BCUT2D eigenvalue weighted by Gasteiger charge is 2.33. The summed E-state index contributed by atoms with van der Waals surface area (Å²) in [4.78, 5) is 34.9. The highest BCUT2D eigenvalue weighted by atomic mass is 16.6. The first kappa shape index (κ1) is 41.7. The van der Waals surface area contributed by atoms with Crippen LogP contribution in [0.3, 0.4) is 0 Å². The SMILES string of the molecule is Oc1ccccc1Oc1c(Oc2ccccc2O)c(Oc2ccccc2O)c2c3[nH]c(c2c1Oc1ccccc1O)=Nc1[nH]c(c2ccccc12)N=c1[nH]c(c2ccccc12)=Nc1[nH]c(c2ccccc12)N=3. The van der Waals surface area contributed by atoms with Gasteiger partial charge in [-0.3, -0.25) is 0 Å². The molecule has 0 unspecified atom stereocenters. The molecule has 5 heterocycles. The predicted molar refractivity (Wildman–Crippen MR) is 269 cm³/mol. The maximum atomic E-state index is 11.4. The molecule has 13 rings (SSSR count). The first-order valence-corrected chi connectivity index (χ1v) is 22.6. The minimum atomic E-state index is -0.245. The Kier molecular flexibility index (Phi) is 9.63. The van der Waals surface area contributed by atoms with Gasteiger partial charge in [-0.15, -0.1) is 0 Å². The number of nitrogens with one attached hydrogen (secondary N) is 4. The molecular weight excluding hydrogens is 913 g/mol. The topological polar surface area (TPSA) is 230 Å². The van der Waals surface area contributed by atoms with Crippen LogP contribution in [0.2, 0.25) is 0 Å². The molecule has 8 aromatic carbocycles. The molecule has 8 N–H and O–H groups in total. The summed E-state index contributed by atoms with van der Waals surface area (Å²) >= 11 is 0. The molecule has 8 bridgehead atoms. The van der Waals surface area contributed by atoms with Crippen LogP contribution < -0.4 is 40.9 Å². The predicted octanol–water partition coefficient (Wildman–Crippen LogP) is 11.7. The van der Waals surface area contributed by atoms with E-state index in [1.54, 1.807) is 60.7 Å². The van der Waals surface area contributed by atoms with Gasteiger partial charge in [-0.2, -0.15) is 0 Å². The molecule has 348 valence electrons. The van der Waals surface area contributed by atoms with Crippen molar-refractivity contribution in [2.75, 3.05) is 0 Å². The van der Waals surface area contributed by atoms with Gasteiger partial charge in [0.15, 0.2) is 57.5 Å². The fourth-order valence-corrected chi connectivity index (χ4v) is 8.92. The van der Waals surface area contributed by atoms with Gasteiger partial charge in [0.05, 0.1) is 10.8 Å². The lowest BCUT2D eigenvalue weighted by Gasteiger charge is -2.22. The van der Waals surface area contributed by atoms with Gasteiger partial charge in [0.25, 0.3) is 0 Å². The van der Waals surface area contributed by atoms with E-state index in [9.17, 15) is 20.4 Å². The van der Waals surface area contributed by atoms with Gasteiger partial charge in [0.1, 0.15) is 45.2 Å². The maximum Gasteiger partial charge on any atom is 0.217 e. The molecule has 0 amide bonds. The van der Waals surface area contributed by atoms with Gasteiger partial charge in [-0.1, -0.05) is 121 Å². The first-order valence-electron chi connectivity index (χ1n) is 22.6. The van der Waals surface area contributed by atoms with Crippen LogP contribution in [0, 0.1) is 0 Å². The third-order valence-corrected chi connectivity index (χ3v) is 12.3. The highest BCUT2D eigenvalue weighted by molar-refractivity contribution is 6.03. The number of benzene rings is 8. The molecule has 0 saturated carbocycles. The Morgan fingerprint density at radius 3 is 0.833 bits per heavy atom. The van der Waals surface area contributed by atoms with Gasteiger partial charge in [0.2, 0.25) is 11.5 Å². The summed E-state index contributed by atoms with van der Waals surface area (Å²) in [6.45, 7) is 0. The highest BCUT2D eigenvalue weighted by Crippen LogP contribution is 2.57. The lowest BCUT2D eigenvalue weighted by Crippen LogP contribution is -2.10. The molecule has 16 nitrogen and oxygen atoms in total. The fraction of sp³-hybridized carbons (Fsp3) is 0. The number of phenols is 4. The molecule has 16 heteroatoms. The quantitative estimate of drug-likeness (QED) is 0.0728. The van der Waals surface area contributed by atoms with Gasteiger partial charge < -0.3 is 59.3 Å². The molecule has 0 spiro atoms. The van der Waals surface area contributed by atoms with Crippen molar-refractivity contribution in [3.05, 3.63) is 192 Å². The van der Waals surface area contributed by atoms with E-state index in [4.69, 9.17) is 38.9 Å². The lowest BCUT2D eigenvalue weighted by molar-refractivity contribution is 0.342. The Hall–Kier alpha value is -10.5. The van der Waals surface area contributed by atoms with E-state index in [2.05, 4.69) is 19.9 Å². The molecule has 1 aliphatic rings. The summed E-state index contributed by atoms with van der Waals surface area (Å²) in [6, 6.07) is 48.5. The number of ether oxygens (including phenoxy) is 4. The summed E-state index contributed by atoms with van der Waals surface area (Å²) in [7, 11) is 0. The zero-order valence-corrected chi connectivity index (χ0v) is 37.4. The smallest absolute Gasteiger partial charge is 0.217 e. The second kappa shape index (κ2) is 16.6. The zero-order chi connectivity index (χ0) is 48.5. The molecule has 0 aliphatic carbocycles. The Labute approximate surface area is 405 Å². The van der Waals surface area contributed by atoms with Crippen molar-refractivity contribution in [3.8, 4) is 69.0 Å². The molecule has 4 aromatic heterocycles. The van der Waals surface area contributed by atoms with Crippen molar-refractivity contribution in [2.45, 2.75) is 0 Å². The third kappa shape index (κ3) is 7.01. The van der Waals surface area contributed by atoms with Crippen LogP contribution in [0.15, 0.2) is 190 Å². The van der Waals surface area contributed by atoms with E-state index in [0.29, 0.717) is 45.0 Å². The third-order valence-electron chi connectivity index (χ3n) is 12.3. The number of aromatic nitrogens is 4. The van der Waals surface area contributed by atoms with Gasteiger partial charge in [0, 0.05) is 32.3 Å². The number of aromatic amines is 4.